The summed E-state index contributed by atoms with van der Waals surface area (Å²) in [7, 11) is 0. The molecule has 2 aliphatic rings. The molecule has 108 valence electrons. The minimum Gasteiger partial charge on any atom is -0.366 e. The first kappa shape index (κ1) is 13.6. The quantitative estimate of drug-likeness (QED) is 0.855. The van der Waals surface area contributed by atoms with E-state index in [9.17, 15) is 4.79 Å². The second-order valence-corrected chi connectivity index (χ2v) is 6.16. The summed E-state index contributed by atoms with van der Waals surface area (Å²) in [6, 6.07) is 9.67. The molecule has 1 saturated carbocycles. The van der Waals surface area contributed by atoms with Crippen LogP contribution in [0.15, 0.2) is 24.3 Å². The number of amides is 1. The van der Waals surface area contributed by atoms with Crippen molar-refractivity contribution in [3.63, 3.8) is 0 Å². The van der Waals surface area contributed by atoms with Crippen LogP contribution < -0.4 is 11.1 Å². The molecular weight excluding hydrogens is 250 g/mol. The van der Waals surface area contributed by atoms with E-state index in [4.69, 9.17) is 5.73 Å². The number of hydrogen-bond donors (Lipinski definition) is 2. The van der Waals surface area contributed by atoms with Gasteiger partial charge in [-0.3, -0.25) is 9.69 Å². The van der Waals surface area contributed by atoms with Crippen molar-refractivity contribution in [1.82, 2.24) is 10.2 Å². The van der Waals surface area contributed by atoms with Gasteiger partial charge in [-0.25, -0.2) is 0 Å². The fraction of sp³-hybridized carbons (Fsp3) is 0.562. The molecule has 1 aromatic carbocycles. The summed E-state index contributed by atoms with van der Waals surface area (Å²) in [6.45, 7) is 4.28. The van der Waals surface area contributed by atoms with Crippen molar-refractivity contribution in [3.05, 3.63) is 35.4 Å². The van der Waals surface area contributed by atoms with Crippen LogP contribution in [0.4, 0.5) is 0 Å². The molecule has 1 aliphatic carbocycles. The van der Waals surface area contributed by atoms with E-state index in [1.165, 1.54) is 19.3 Å². The number of carbonyl (C=O) groups excluding carboxylic acids is 1. The molecule has 1 aromatic rings. The van der Waals surface area contributed by atoms with Crippen LogP contribution in [0.5, 0.6) is 0 Å². The first-order valence-electron chi connectivity index (χ1n) is 7.51. The van der Waals surface area contributed by atoms with Crippen LogP contribution >= 0.6 is 0 Å². The molecule has 1 amide bonds. The monoisotopic (exact) mass is 273 g/mol. The predicted molar refractivity (Wildman–Crippen MR) is 79.4 cm³/mol. The largest absolute Gasteiger partial charge is 0.366 e. The van der Waals surface area contributed by atoms with Gasteiger partial charge < -0.3 is 11.1 Å². The number of hydrogen-bond acceptors (Lipinski definition) is 3. The molecule has 1 heterocycles. The maximum absolute atomic E-state index is 11.2. The van der Waals surface area contributed by atoms with E-state index in [1.807, 2.05) is 18.2 Å². The van der Waals surface area contributed by atoms with Gasteiger partial charge in [-0.2, -0.15) is 0 Å². The first-order chi connectivity index (χ1) is 9.63. The molecule has 3 rings (SSSR count). The number of nitrogens with two attached hydrogens (primary N) is 1. The Balaban J connectivity index is 1.54. The molecule has 2 fully saturated rings. The Morgan fingerprint density at radius 1 is 1.45 bits per heavy atom. The fourth-order valence-corrected chi connectivity index (χ4v) is 3.22. The van der Waals surface area contributed by atoms with Crippen LogP contribution in [0.25, 0.3) is 0 Å². The smallest absolute Gasteiger partial charge is 0.248 e. The molecular formula is C16H23N3O. The second kappa shape index (κ2) is 5.54. The Morgan fingerprint density at radius 2 is 2.25 bits per heavy atom. The van der Waals surface area contributed by atoms with Crippen LogP contribution in [-0.4, -0.2) is 35.5 Å². The number of likely N-dealkylation sites (tertiary alicyclic amines) is 1. The molecule has 4 nitrogen and oxygen atoms in total. The molecule has 0 aromatic heterocycles. The fourth-order valence-electron chi connectivity index (χ4n) is 3.22. The third kappa shape index (κ3) is 3.02. The van der Waals surface area contributed by atoms with E-state index in [2.05, 4.69) is 17.1 Å². The number of benzene rings is 1. The summed E-state index contributed by atoms with van der Waals surface area (Å²) in [4.78, 5) is 13.8. The lowest BCUT2D eigenvalue weighted by atomic mass is 10.1. The summed E-state index contributed by atoms with van der Waals surface area (Å²) in [5.41, 5.74) is 7.02. The van der Waals surface area contributed by atoms with Gasteiger partial charge in [0.2, 0.25) is 5.91 Å². The summed E-state index contributed by atoms with van der Waals surface area (Å²) in [5, 5.41) is 3.61. The molecule has 2 unspecified atom stereocenters. The van der Waals surface area contributed by atoms with E-state index in [0.717, 1.165) is 24.7 Å². The van der Waals surface area contributed by atoms with Crippen molar-refractivity contribution in [3.8, 4) is 0 Å². The van der Waals surface area contributed by atoms with Crippen molar-refractivity contribution in [2.45, 2.75) is 50.9 Å². The Hall–Kier alpha value is -1.39. The maximum Gasteiger partial charge on any atom is 0.248 e. The number of nitrogens with one attached hydrogen (secondary N) is 1. The Morgan fingerprint density at radius 3 is 2.95 bits per heavy atom. The molecule has 4 heteroatoms. The lowest BCUT2D eigenvalue weighted by Gasteiger charge is -2.19. The molecule has 0 radical (unpaired) electrons. The van der Waals surface area contributed by atoms with Gasteiger partial charge in [-0.05, 0) is 43.9 Å². The van der Waals surface area contributed by atoms with Gasteiger partial charge in [0.1, 0.15) is 0 Å². The molecule has 1 aliphatic heterocycles. The van der Waals surface area contributed by atoms with E-state index < -0.39 is 0 Å². The number of primary amides is 1. The maximum atomic E-state index is 11.2. The molecule has 2 atom stereocenters. The Labute approximate surface area is 120 Å². The molecule has 20 heavy (non-hydrogen) atoms. The van der Waals surface area contributed by atoms with Gasteiger partial charge in [-0.15, -0.1) is 0 Å². The standard InChI is InChI=1S/C16H23N3O/c1-11-7-14(10-19(11)15-5-6-15)18-9-12-3-2-4-13(8-12)16(17)20/h2-4,8,11,14-15,18H,5-7,9-10H2,1H3,(H2,17,20). The average molecular weight is 273 g/mol. The normalized spacial score (nSPS) is 26.9. The summed E-state index contributed by atoms with van der Waals surface area (Å²) < 4.78 is 0. The number of carbonyl (C=O) groups is 1. The summed E-state index contributed by atoms with van der Waals surface area (Å²) in [5.74, 6) is -0.360. The highest BCUT2D eigenvalue weighted by Crippen LogP contribution is 2.33. The third-order valence-electron chi connectivity index (χ3n) is 4.45. The van der Waals surface area contributed by atoms with Crippen molar-refractivity contribution >= 4 is 5.91 Å². The highest BCUT2D eigenvalue weighted by Gasteiger charge is 2.38. The first-order valence-corrected chi connectivity index (χ1v) is 7.51. The lowest BCUT2D eigenvalue weighted by Crippen LogP contribution is -2.33. The summed E-state index contributed by atoms with van der Waals surface area (Å²) >= 11 is 0. The topological polar surface area (TPSA) is 58.4 Å². The van der Waals surface area contributed by atoms with Crippen LogP contribution in [-0.2, 0) is 6.54 Å². The molecule has 1 saturated heterocycles. The van der Waals surface area contributed by atoms with Gasteiger partial charge >= 0.3 is 0 Å². The third-order valence-corrected chi connectivity index (χ3v) is 4.45. The average Bonchev–Trinajstić information content (AvgIpc) is 3.21. The Bertz CT molecular complexity index is 498. The summed E-state index contributed by atoms with van der Waals surface area (Å²) in [6.07, 6.45) is 3.96. The van der Waals surface area contributed by atoms with Crippen molar-refractivity contribution in [1.29, 1.82) is 0 Å². The zero-order valence-corrected chi connectivity index (χ0v) is 12.0. The minimum absolute atomic E-state index is 0.360. The van der Waals surface area contributed by atoms with Crippen LogP contribution in [0.1, 0.15) is 42.1 Å². The highest BCUT2D eigenvalue weighted by molar-refractivity contribution is 5.92. The molecule has 0 spiro atoms. The number of rotatable bonds is 5. The van der Waals surface area contributed by atoms with E-state index in [1.54, 1.807) is 6.07 Å². The predicted octanol–water partition coefficient (Wildman–Crippen LogP) is 1.50. The number of nitrogens with zero attached hydrogens (tertiary/aromatic N) is 1. The van der Waals surface area contributed by atoms with Crippen LogP contribution in [0.2, 0.25) is 0 Å². The van der Waals surface area contributed by atoms with E-state index in [-0.39, 0.29) is 5.91 Å². The van der Waals surface area contributed by atoms with E-state index in [0.29, 0.717) is 17.6 Å². The van der Waals surface area contributed by atoms with Crippen molar-refractivity contribution < 1.29 is 4.79 Å². The van der Waals surface area contributed by atoms with Crippen LogP contribution in [0, 0.1) is 0 Å². The molecule has 3 N–H and O–H groups in total. The van der Waals surface area contributed by atoms with Crippen LogP contribution in [0.3, 0.4) is 0 Å². The van der Waals surface area contributed by atoms with Gasteiger partial charge in [0, 0.05) is 36.8 Å². The van der Waals surface area contributed by atoms with Crippen molar-refractivity contribution in [2.75, 3.05) is 6.54 Å². The van der Waals surface area contributed by atoms with Gasteiger partial charge in [0.25, 0.3) is 0 Å². The zero-order chi connectivity index (χ0) is 14.1. The van der Waals surface area contributed by atoms with E-state index >= 15 is 0 Å². The lowest BCUT2D eigenvalue weighted by molar-refractivity contribution is 0.1000. The van der Waals surface area contributed by atoms with Gasteiger partial charge in [-0.1, -0.05) is 12.1 Å². The van der Waals surface area contributed by atoms with Gasteiger partial charge in [0.15, 0.2) is 0 Å². The van der Waals surface area contributed by atoms with Crippen molar-refractivity contribution in [2.24, 2.45) is 5.73 Å². The highest BCUT2D eigenvalue weighted by atomic mass is 16.1. The SMILES string of the molecule is CC1CC(NCc2cccc(C(N)=O)c2)CN1C1CC1. The Kier molecular flexibility index (Phi) is 3.76. The zero-order valence-electron chi connectivity index (χ0n) is 12.0. The molecule has 0 bridgehead atoms. The van der Waals surface area contributed by atoms with Gasteiger partial charge in [0.05, 0.1) is 0 Å². The second-order valence-electron chi connectivity index (χ2n) is 6.16. The minimum atomic E-state index is -0.360.